The molecule has 3 aliphatic rings. The molecule has 0 radical (unpaired) electrons. The molecule has 2 heterocycles. The van der Waals surface area contributed by atoms with Gasteiger partial charge in [-0.2, -0.15) is 5.10 Å². The minimum Gasteiger partial charge on any atom is -0.331 e. The molecule has 2 aliphatic carbocycles. The SMILES string of the molecule is CC1CC(C)CN(C(=O)NC(CC2CCC3=Cc4c(cnn4-c4ccc(F)cc4)CC32C)c2ccccc2)C1. The Bertz CT molecular complexity index is 1350. The summed E-state index contributed by atoms with van der Waals surface area (Å²) < 4.78 is 15.4. The van der Waals surface area contributed by atoms with Crippen LogP contribution in [-0.4, -0.2) is 33.8 Å². The van der Waals surface area contributed by atoms with Gasteiger partial charge < -0.3 is 10.2 Å². The summed E-state index contributed by atoms with van der Waals surface area (Å²) >= 11 is 0. The van der Waals surface area contributed by atoms with Crippen LogP contribution in [0.1, 0.15) is 69.3 Å². The van der Waals surface area contributed by atoms with Crippen LogP contribution in [0, 0.1) is 29.0 Å². The topological polar surface area (TPSA) is 50.2 Å². The second kappa shape index (κ2) is 10.3. The Kier molecular flexibility index (Phi) is 6.82. The molecular weight excluding hydrogens is 487 g/mol. The van der Waals surface area contributed by atoms with E-state index in [9.17, 15) is 9.18 Å². The number of hydrogen-bond acceptors (Lipinski definition) is 2. The number of likely N-dealkylation sites (tertiary alicyclic amines) is 1. The molecule has 6 rings (SSSR count). The maximum Gasteiger partial charge on any atom is 0.317 e. The van der Waals surface area contributed by atoms with Crippen molar-refractivity contribution in [1.29, 1.82) is 0 Å². The highest BCUT2D eigenvalue weighted by atomic mass is 19.1. The van der Waals surface area contributed by atoms with Crippen LogP contribution in [0.3, 0.4) is 0 Å². The van der Waals surface area contributed by atoms with Gasteiger partial charge in [0, 0.05) is 13.1 Å². The van der Waals surface area contributed by atoms with E-state index >= 15 is 0 Å². The van der Waals surface area contributed by atoms with Crippen molar-refractivity contribution in [3.63, 3.8) is 0 Å². The predicted octanol–water partition coefficient (Wildman–Crippen LogP) is 7.19. The summed E-state index contributed by atoms with van der Waals surface area (Å²) in [7, 11) is 0. The molecule has 2 aromatic carbocycles. The molecule has 3 aromatic rings. The summed E-state index contributed by atoms with van der Waals surface area (Å²) in [4.78, 5) is 15.5. The van der Waals surface area contributed by atoms with Gasteiger partial charge in [0.15, 0.2) is 0 Å². The summed E-state index contributed by atoms with van der Waals surface area (Å²) in [6.07, 6.45) is 9.46. The van der Waals surface area contributed by atoms with Crippen LogP contribution in [0.5, 0.6) is 0 Å². The van der Waals surface area contributed by atoms with Gasteiger partial charge in [-0.3, -0.25) is 0 Å². The van der Waals surface area contributed by atoms with Gasteiger partial charge in [0.2, 0.25) is 0 Å². The first-order chi connectivity index (χ1) is 18.8. The van der Waals surface area contributed by atoms with Gasteiger partial charge in [-0.25, -0.2) is 13.9 Å². The number of fused-ring (bicyclic) bond motifs is 2. The average molecular weight is 527 g/mol. The lowest BCUT2D eigenvalue weighted by Crippen LogP contribution is -2.48. The van der Waals surface area contributed by atoms with Gasteiger partial charge in [-0.15, -0.1) is 0 Å². The molecule has 2 fully saturated rings. The molecule has 5 atom stereocenters. The molecule has 1 aromatic heterocycles. The smallest absolute Gasteiger partial charge is 0.317 e. The Balaban J connectivity index is 1.24. The molecule has 2 amide bonds. The normalized spacial score (nSPS) is 26.9. The summed E-state index contributed by atoms with van der Waals surface area (Å²) in [6, 6.07) is 17.0. The van der Waals surface area contributed by atoms with E-state index < -0.39 is 0 Å². The number of nitrogens with one attached hydrogen (secondary N) is 1. The van der Waals surface area contributed by atoms with Crippen LogP contribution in [-0.2, 0) is 6.42 Å². The molecule has 204 valence electrons. The van der Waals surface area contributed by atoms with E-state index in [1.165, 1.54) is 35.3 Å². The zero-order chi connectivity index (χ0) is 27.1. The van der Waals surface area contributed by atoms with E-state index in [1.54, 1.807) is 12.1 Å². The lowest BCUT2D eigenvalue weighted by molar-refractivity contribution is 0.140. The number of carbonyl (C=O) groups excluding carboxylic acids is 1. The third kappa shape index (κ3) is 5.02. The molecule has 1 saturated carbocycles. The Morgan fingerprint density at radius 1 is 1.10 bits per heavy atom. The van der Waals surface area contributed by atoms with Gasteiger partial charge in [-0.1, -0.05) is 56.7 Å². The minimum atomic E-state index is -0.242. The number of nitrogens with zero attached hydrogens (tertiary/aromatic N) is 3. The molecular formula is C33H39FN4O. The Labute approximate surface area is 231 Å². The first-order valence-corrected chi connectivity index (χ1v) is 14.4. The minimum absolute atomic E-state index is 0.0234. The van der Waals surface area contributed by atoms with Crippen molar-refractivity contribution >= 4 is 12.1 Å². The maximum atomic E-state index is 13.5. The zero-order valence-corrected chi connectivity index (χ0v) is 23.2. The van der Waals surface area contributed by atoms with Crippen molar-refractivity contribution < 1.29 is 9.18 Å². The largest absolute Gasteiger partial charge is 0.331 e. The number of allylic oxidation sites excluding steroid dienone is 1. The predicted molar refractivity (Wildman–Crippen MR) is 153 cm³/mol. The van der Waals surface area contributed by atoms with Crippen LogP contribution < -0.4 is 5.32 Å². The van der Waals surface area contributed by atoms with Gasteiger partial charge >= 0.3 is 6.03 Å². The fraction of sp³-hybridized carbons (Fsp3) is 0.455. The van der Waals surface area contributed by atoms with Crippen LogP contribution >= 0.6 is 0 Å². The van der Waals surface area contributed by atoms with Crippen LogP contribution in [0.2, 0.25) is 0 Å². The quantitative estimate of drug-likeness (QED) is 0.383. The lowest BCUT2D eigenvalue weighted by Gasteiger charge is -2.39. The number of urea groups is 1. The van der Waals surface area contributed by atoms with E-state index in [-0.39, 0.29) is 23.3 Å². The van der Waals surface area contributed by atoms with E-state index in [0.29, 0.717) is 17.8 Å². The van der Waals surface area contributed by atoms with E-state index in [4.69, 9.17) is 0 Å². The average Bonchev–Trinajstić information content (AvgIpc) is 3.46. The van der Waals surface area contributed by atoms with Crippen molar-refractivity contribution in [3.05, 3.63) is 89.0 Å². The van der Waals surface area contributed by atoms with Gasteiger partial charge in [0.25, 0.3) is 0 Å². The molecule has 0 spiro atoms. The highest BCUT2D eigenvalue weighted by molar-refractivity contribution is 5.75. The molecule has 1 aliphatic heterocycles. The number of piperidine rings is 1. The summed E-state index contributed by atoms with van der Waals surface area (Å²) in [5.74, 6) is 1.26. The first kappa shape index (κ1) is 25.8. The van der Waals surface area contributed by atoms with Gasteiger partial charge in [0.05, 0.1) is 23.6 Å². The second-order valence-electron chi connectivity index (χ2n) is 12.4. The highest BCUT2D eigenvalue weighted by Gasteiger charge is 2.46. The lowest BCUT2D eigenvalue weighted by atomic mass is 9.68. The highest BCUT2D eigenvalue weighted by Crippen LogP contribution is 2.55. The van der Waals surface area contributed by atoms with E-state index in [0.717, 1.165) is 50.2 Å². The van der Waals surface area contributed by atoms with E-state index in [2.05, 4.69) is 61.5 Å². The first-order valence-electron chi connectivity index (χ1n) is 14.4. The monoisotopic (exact) mass is 526 g/mol. The summed E-state index contributed by atoms with van der Waals surface area (Å²) in [6.45, 7) is 8.53. The molecule has 1 saturated heterocycles. The third-order valence-electron chi connectivity index (χ3n) is 9.40. The Hall–Kier alpha value is -3.41. The van der Waals surface area contributed by atoms with Crippen LogP contribution in [0.15, 0.2) is 66.4 Å². The maximum absolute atomic E-state index is 13.5. The van der Waals surface area contributed by atoms with Crippen molar-refractivity contribution in [1.82, 2.24) is 20.0 Å². The van der Waals surface area contributed by atoms with E-state index in [1.807, 2.05) is 21.8 Å². The molecule has 0 bridgehead atoms. The molecule has 5 unspecified atom stereocenters. The van der Waals surface area contributed by atoms with Gasteiger partial charge in [0.1, 0.15) is 5.82 Å². The standard InChI is InChI=1S/C33H39FN4O/c1-22-15-23(2)21-37(20-22)32(39)36-30(24-7-5-4-6-8-24)16-26-9-10-27-17-31-25(18-33(26,27)3)19-35-38(31)29-13-11-28(34)12-14-29/h4-8,11-14,17,19,22-23,26,30H,9-10,15-16,18,20-21H2,1-3H3,(H,36,39). The third-order valence-corrected chi connectivity index (χ3v) is 9.40. The van der Waals surface area contributed by atoms with Crippen LogP contribution in [0.25, 0.3) is 11.8 Å². The van der Waals surface area contributed by atoms with Crippen molar-refractivity contribution in [3.8, 4) is 5.69 Å². The zero-order valence-electron chi connectivity index (χ0n) is 23.2. The number of hydrogen-bond donors (Lipinski definition) is 1. The summed E-state index contributed by atoms with van der Waals surface area (Å²) in [5.41, 5.74) is 5.87. The van der Waals surface area contributed by atoms with Crippen molar-refractivity contribution in [2.45, 2.75) is 58.9 Å². The number of benzene rings is 2. The Morgan fingerprint density at radius 3 is 2.54 bits per heavy atom. The molecule has 6 heteroatoms. The molecule has 5 nitrogen and oxygen atoms in total. The molecule has 39 heavy (non-hydrogen) atoms. The number of amides is 2. The number of aromatic nitrogens is 2. The fourth-order valence-corrected chi connectivity index (χ4v) is 7.42. The number of halogens is 1. The molecule has 1 N–H and O–H groups in total. The number of carbonyl (C=O) groups is 1. The van der Waals surface area contributed by atoms with Crippen molar-refractivity contribution in [2.24, 2.45) is 23.2 Å². The number of rotatable bonds is 5. The summed E-state index contributed by atoms with van der Waals surface area (Å²) in [5, 5.41) is 8.13. The second-order valence-corrected chi connectivity index (χ2v) is 12.4. The van der Waals surface area contributed by atoms with Crippen molar-refractivity contribution in [2.75, 3.05) is 13.1 Å². The van der Waals surface area contributed by atoms with Crippen LogP contribution in [0.4, 0.5) is 9.18 Å². The fourth-order valence-electron chi connectivity index (χ4n) is 7.42. The Morgan fingerprint density at radius 2 is 1.82 bits per heavy atom. The van der Waals surface area contributed by atoms with Gasteiger partial charge in [-0.05, 0) is 96.7 Å².